The average molecular weight is 393 g/mol. The van der Waals surface area contributed by atoms with Gasteiger partial charge in [0.15, 0.2) is 22.3 Å². The number of hydrogen-bond donors (Lipinski definition) is 0. The minimum atomic E-state index is -4.90. The number of hydrogen-bond acceptors (Lipinski definition) is 4. The van der Waals surface area contributed by atoms with Gasteiger partial charge in [-0.05, 0) is 6.07 Å². The summed E-state index contributed by atoms with van der Waals surface area (Å²) in [5, 5.41) is 0. The number of nitrogens with zero attached hydrogens (tertiary/aromatic N) is 1. The molecule has 0 aliphatic carbocycles. The third-order valence-corrected chi connectivity index (χ3v) is 5.46. The van der Waals surface area contributed by atoms with E-state index in [2.05, 4.69) is 4.74 Å². The van der Waals surface area contributed by atoms with Crippen LogP contribution in [0.5, 0.6) is 11.5 Å². The quantitative estimate of drug-likeness (QED) is 0.559. The number of para-hydroxylation sites is 1. The molecule has 0 aliphatic rings. The number of sulfonamides is 1. The Kier molecular flexibility index (Phi) is 5.77. The number of halogens is 4. The molecule has 5 nitrogen and oxygen atoms in total. The highest BCUT2D eigenvalue weighted by atomic mass is 32.2. The molecular weight excluding hydrogens is 378 g/mol. The van der Waals surface area contributed by atoms with Crippen molar-refractivity contribution < 1.29 is 35.5 Å². The maximum Gasteiger partial charge on any atom is 0.249 e. The minimum absolute atomic E-state index is 0.336. The van der Waals surface area contributed by atoms with Gasteiger partial charge in [-0.15, -0.1) is 0 Å². The van der Waals surface area contributed by atoms with Gasteiger partial charge in [-0.25, -0.2) is 17.2 Å². The van der Waals surface area contributed by atoms with Gasteiger partial charge in [0.2, 0.25) is 21.7 Å². The Morgan fingerprint density at radius 2 is 1.46 bits per heavy atom. The molecule has 0 N–H and O–H groups in total. The average Bonchev–Trinajstić information content (AvgIpc) is 2.61. The SMILES string of the molecule is COc1ccccc1CN(C)S(=O)(=O)c1c(F)c(F)c(OC)c(F)c1F. The predicted molar refractivity (Wildman–Crippen MR) is 84.5 cm³/mol. The normalized spacial score (nSPS) is 11.7. The van der Waals surface area contributed by atoms with E-state index in [1.165, 1.54) is 13.2 Å². The molecule has 0 amide bonds. The third-order valence-electron chi connectivity index (χ3n) is 3.64. The second kappa shape index (κ2) is 7.50. The Labute approximate surface area is 147 Å². The second-order valence-corrected chi connectivity index (χ2v) is 7.17. The number of rotatable bonds is 6. The molecule has 0 radical (unpaired) electrons. The summed E-state index contributed by atoms with van der Waals surface area (Å²) in [6.07, 6.45) is 0. The molecule has 2 aromatic carbocycles. The fourth-order valence-corrected chi connectivity index (χ4v) is 3.56. The zero-order chi connectivity index (χ0) is 19.6. The van der Waals surface area contributed by atoms with Crippen molar-refractivity contribution in [3.05, 3.63) is 53.1 Å². The van der Waals surface area contributed by atoms with Crippen molar-refractivity contribution >= 4 is 10.0 Å². The topological polar surface area (TPSA) is 55.8 Å². The van der Waals surface area contributed by atoms with Crippen LogP contribution >= 0.6 is 0 Å². The lowest BCUT2D eigenvalue weighted by Gasteiger charge is -2.20. The Bertz CT molecular complexity index is 905. The van der Waals surface area contributed by atoms with Gasteiger partial charge in [-0.2, -0.15) is 13.1 Å². The van der Waals surface area contributed by atoms with E-state index in [9.17, 15) is 26.0 Å². The van der Waals surface area contributed by atoms with E-state index in [4.69, 9.17) is 4.74 Å². The smallest absolute Gasteiger partial charge is 0.249 e. The summed E-state index contributed by atoms with van der Waals surface area (Å²) in [6.45, 7) is -0.347. The Morgan fingerprint density at radius 1 is 0.923 bits per heavy atom. The predicted octanol–water partition coefficient (Wildman–Crippen LogP) is 3.08. The van der Waals surface area contributed by atoms with Crippen molar-refractivity contribution in [3.8, 4) is 11.5 Å². The molecular formula is C16H15F4NO4S. The van der Waals surface area contributed by atoms with Crippen LogP contribution in [-0.2, 0) is 16.6 Å². The third kappa shape index (κ3) is 3.34. The number of ether oxygens (including phenoxy) is 2. The molecule has 0 unspecified atom stereocenters. The van der Waals surface area contributed by atoms with Crippen LogP contribution in [0.3, 0.4) is 0 Å². The fourth-order valence-electron chi connectivity index (χ4n) is 2.31. The first kappa shape index (κ1) is 20.0. The van der Waals surface area contributed by atoms with Crippen LogP contribution in [0.25, 0.3) is 0 Å². The highest BCUT2D eigenvalue weighted by Gasteiger charge is 2.36. The molecule has 10 heteroatoms. The molecule has 0 aliphatic heterocycles. The van der Waals surface area contributed by atoms with Crippen molar-refractivity contribution in [3.63, 3.8) is 0 Å². The summed E-state index contributed by atoms with van der Waals surface area (Å²) < 4.78 is 90.8. The first-order chi connectivity index (χ1) is 12.2. The standard InChI is InChI=1S/C16H15F4NO4S/c1-21(8-9-6-4-5-7-10(9)24-2)26(22,23)16-13(19)11(17)15(25-3)12(18)14(16)20/h4-7H,8H2,1-3H3. The number of methoxy groups -OCH3 is 2. The van der Waals surface area contributed by atoms with Crippen molar-refractivity contribution in [1.29, 1.82) is 0 Å². The highest BCUT2D eigenvalue weighted by molar-refractivity contribution is 7.89. The van der Waals surface area contributed by atoms with Crippen LogP contribution in [-0.4, -0.2) is 34.0 Å². The Morgan fingerprint density at radius 3 is 1.96 bits per heavy atom. The van der Waals surface area contributed by atoms with E-state index >= 15 is 0 Å². The summed E-state index contributed by atoms with van der Waals surface area (Å²) in [5.74, 6) is -9.00. The summed E-state index contributed by atoms with van der Waals surface area (Å²) in [7, 11) is -1.73. The molecule has 0 saturated heterocycles. The lowest BCUT2D eigenvalue weighted by molar-refractivity contribution is 0.320. The van der Waals surface area contributed by atoms with Crippen LogP contribution in [0.2, 0.25) is 0 Å². The maximum absolute atomic E-state index is 14.1. The van der Waals surface area contributed by atoms with Crippen molar-refractivity contribution in [1.82, 2.24) is 4.31 Å². The van der Waals surface area contributed by atoms with Gasteiger partial charge in [0.25, 0.3) is 0 Å². The fraction of sp³-hybridized carbons (Fsp3) is 0.250. The van der Waals surface area contributed by atoms with Crippen molar-refractivity contribution in [2.75, 3.05) is 21.3 Å². The molecule has 2 rings (SSSR count). The van der Waals surface area contributed by atoms with Crippen LogP contribution < -0.4 is 9.47 Å². The van der Waals surface area contributed by atoms with E-state index in [0.29, 0.717) is 15.6 Å². The summed E-state index contributed by atoms with van der Waals surface area (Å²) in [6, 6.07) is 6.34. The molecule has 0 fully saturated rings. The monoisotopic (exact) mass is 393 g/mol. The zero-order valence-corrected chi connectivity index (χ0v) is 14.8. The van der Waals surface area contributed by atoms with E-state index in [-0.39, 0.29) is 6.54 Å². The first-order valence-corrected chi connectivity index (χ1v) is 8.59. The lowest BCUT2D eigenvalue weighted by atomic mass is 10.2. The molecule has 0 aromatic heterocycles. The molecule has 142 valence electrons. The Hall–Kier alpha value is -2.33. The summed E-state index contributed by atoms with van der Waals surface area (Å²) >= 11 is 0. The molecule has 0 heterocycles. The zero-order valence-electron chi connectivity index (χ0n) is 14.0. The van der Waals surface area contributed by atoms with Gasteiger partial charge < -0.3 is 9.47 Å². The lowest BCUT2D eigenvalue weighted by Crippen LogP contribution is -2.29. The van der Waals surface area contributed by atoms with Crippen LogP contribution in [0.15, 0.2) is 29.2 Å². The van der Waals surface area contributed by atoms with Gasteiger partial charge in [0, 0.05) is 19.2 Å². The molecule has 0 spiro atoms. The van der Waals surface area contributed by atoms with Crippen molar-refractivity contribution in [2.24, 2.45) is 0 Å². The van der Waals surface area contributed by atoms with Gasteiger partial charge in [-0.3, -0.25) is 0 Å². The molecule has 0 atom stereocenters. The van der Waals surface area contributed by atoms with Crippen LogP contribution in [0.1, 0.15) is 5.56 Å². The number of benzene rings is 2. The van der Waals surface area contributed by atoms with Crippen LogP contribution in [0, 0.1) is 23.3 Å². The summed E-state index contributed by atoms with van der Waals surface area (Å²) in [4.78, 5) is -1.73. The van der Waals surface area contributed by atoms with Gasteiger partial charge in [-0.1, -0.05) is 18.2 Å². The molecule has 2 aromatic rings. The largest absolute Gasteiger partial charge is 0.496 e. The van der Waals surface area contributed by atoms with Gasteiger partial charge in [0.1, 0.15) is 5.75 Å². The van der Waals surface area contributed by atoms with Crippen LogP contribution in [0.4, 0.5) is 17.6 Å². The maximum atomic E-state index is 14.1. The highest BCUT2D eigenvalue weighted by Crippen LogP contribution is 2.34. The second-order valence-electron chi connectivity index (χ2n) is 5.19. The summed E-state index contributed by atoms with van der Waals surface area (Å²) in [5.41, 5.74) is 0.386. The molecule has 0 bridgehead atoms. The first-order valence-electron chi connectivity index (χ1n) is 7.15. The minimum Gasteiger partial charge on any atom is -0.496 e. The van der Waals surface area contributed by atoms with Gasteiger partial charge in [0.05, 0.1) is 14.2 Å². The van der Waals surface area contributed by atoms with E-state index in [1.54, 1.807) is 18.2 Å². The van der Waals surface area contributed by atoms with E-state index in [1.807, 2.05) is 0 Å². The Balaban J connectivity index is 2.54. The van der Waals surface area contributed by atoms with E-state index in [0.717, 1.165) is 14.2 Å². The van der Waals surface area contributed by atoms with Crippen molar-refractivity contribution in [2.45, 2.75) is 11.4 Å². The molecule has 0 saturated carbocycles. The van der Waals surface area contributed by atoms with E-state index < -0.39 is 43.9 Å². The molecule has 26 heavy (non-hydrogen) atoms. The van der Waals surface area contributed by atoms with Gasteiger partial charge >= 0.3 is 0 Å².